The fraction of sp³-hybridized carbons (Fsp3) is 0.0909. The van der Waals surface area contributed by atoms with Crippen molar-refractivity contribution in [2.24, 2.45) is 7.05 Å². The average molecular weight is 497 g/mol. The minimum atomic E-state index is -3.79. The van der Waals surface area contributed by atoms with Gasteiger partial charge in [-0.15, -0.1) is 11.3 Å². The molecule has 10 nitrogen and oxygen atoms in total. The third-order valence-corrected chi connectivity index (χ3v) is 7.05. The van der Waals surface area contributed by atoms with E-state index < -0.39 is 15.9 Å². The van der Waals surface area contributed by atoms with Gasteiger partial charge in [0.1, 0.15) is 5.69 Å². The first kappa shape index (κ1) is 23.1. The number of nitrogens with zero attached hydrogens (tertiary/aromatic N) is 3. The molecule has 0 bridgehead atoms. The van der Waals surface area contributed by atoms with Crippen LogP contribution in [0.15, 0.2) is 71.5 Å². The van der Waals surface area contributed by atoms with Crippen LogP contribution in [0.3, 0.4) is 0 Å². The Hall–Kier alpha value is -4.03. The Labute approximate surface area is 199 Å². The number of nitrogens with one attached hydrogen (secondary N) is 3. The van der Waals surface area contributed by atoms with E-state index in [-0.39, 0.29) is 15.9 Å². The summed E-state index contributed by atoms with van der Waals surface area (Å²) >= 11 is 1.17. The Morgan fingerprint density at radius 1 is 1.03 bits per heavy atom. The largest absolute Gasteiger partial charge is 0.330 e. The predicted molar refractivity (Wildman–Crippen MR) is 130 cm³/mol. The number of thiazole rings is 1. The van der Waals surface area contributed by atoms with Gasteiger partial charge in [-0.05, 0) is 48.9 Å². The summed E-state index contributed by atoms with van der Waals surface area (Å²) < 4.78 is 28.9. The lowest BCUT2D eigenvalue weighted by Crippen LogP contribution is -2.17. The van der Waals surface area contributed by atoms with Crippen molar-refractivity contribution in [2.45, 2.75) is 11.8 Å². The Bertz CT molecular complexity index is 1450. The molecule has 0 fully saturated rings. The minimum Gasteiger partial charge on any atom is -0.330 e. The van der Waals surface area contributed by atoms with E-state index >= 15 is 0 Å². The predicted octanol–water partition coefficient (Wildman–Crippen LogP) is 3.49. The van der Waals surface area contributed by atoms with Gasteiger partial charge in [-0.3, -0.25) is 14.3 Å². The van der Waals surface area contributed by atoms with Crippen LogP contribution in [0.4, 0.5) is 16.5 Å². The molecule has 2 aromatic carbocycles. The molecule has 12 heteroatoms. The molecule has 0 unspecified atom stereocenters. The van der Waals surface area contributed by atoms with Gasteiger partial charge in [-0.25, -0.2) is 18.4 Å². The summed E-state index contributed by atoms with van der Waals surface area (Å²) in [7, 11) is -2.07. The van der Waals surface area contributed by atoms with Crippen molar-refractivity contribution < 1.29 is 18.0 Å². The van der Waals surface area contributed by atoms with Crippen molar-refractivity contribution in [1.82, 2.24) is 14.5 Å². The van der Waals surface area contributed by atoms with Crippen LogP contribution in [0.2, 0.25) is 0 Å². The maximum absolute atomic E-state index is 12.8. The molecule has 0 atom stereocenters. The molecule has 4 aromatic rings. The quantitative estimate of drug-likeness (QED) is 0.358. The summed E-state index contributed by atoms with van der Waals surface area (Å²) in [5, 5.41) is 7.46. The van der Waals surface area contributed by atoms with E-state index in [4.69, 9.17) is 0 Å². The maximum atomic E-state index is 12.8. The first-order valence-corrected chi connectivity index (χ1v) is 12.3. The van der Waals surface area contributed by atoms with Crippen LogP contribution in [0.5, 0.6) is 0 Å². The number of amides is 2. The molecule has 34 heavy (non-hydrogen) atoms. The van der Waals surface area contributed by atoms with E-state index in [2.05, 4.69) is 25.3 Å². The molecule has 0 aliphatic carbocycles. The van der Waals surface area contributed by atoms with E-state index in [0.29, 0.717) is 22.6 Å². The number of aryl methyl sites for hydroxylation is 2. The van der Waals surface area contributed by atoms with Gasteiger partial charge < -0.3 is 15.2 Å². The zero-order valence-electron chi connectivity index (χ0n) is 18.1. The number of hydrogen-bond donors (Lipinski definition) is 3. The normalized spacial score (nSPS) is 11.1. The van der Waals surface area contributed by atoms with Crippen molar-refractivity contribution in [3.05, 3.63) is 83.4 Å². The van der Waals surface area contributed by atoms with Crippen LogP contribution in [-0.4, -0.2) is 34.8 Å². The van der Waals surface area contributed by atoms with Crippen LogP contribution in [0, 0.1) is 6.92 Å². The van der Waals surface area contributed by atoms with Gasteiger partial charge in [0.15, 0.2) is 5.13 Å². The van der Waals surface area contributed by atoms with Gasteiger partial charge in [0, 0.05) is 35.6 Å². The lowest BCUT2D eigenvalue weighted by atomic mass is 10.1. The fourth-order valence-corrected chi connectivity index (χ4v) is 4.82. The molecule has 0 saturated heterocycles. The van der Waals surface area contributed by atoms with Crippen molar-refractivity contribution >= 4 is 49.7 Å². The second-order valence-corrected chi connectivity index (χ2v) is 9.87. The summed E-state index contributed by atoms with van der Waals surface area (Å²) in [5.74, 6) is -0.753. The Morgan fingerprint density at radius 3 is 2.44 bits per heavy atom. The third kappa shape index (κ3) is 5.13. The van der Waals surface area contributed by atoms with Crippen LogP contribution >= 0.6 is 11.3 Å². The number of hydrogen-bond acceptors (Lipinski definition) is 7. The lowest BCUT2D eigenvalue weighted by Gasteiger charge is -2.12. The monoisotopic (exact) mass is 496 g/mol. The van der Waals surface area contributed by atoms with Gasteiger partial charge in [0.2, 0.25) is 0 Å². The van der Waals surface area contributed by atoms with Gasteiger partial charge in [-0.1, -0.05) is 6.07 Å². The molecule has 3 N–H and O–H groups in total. The lowest BCUT2D eigenvalue weighted by molar-refractivity contribution is 0.101. The Kier molecular flexibility index (Phi) is 6.43. The number of anilines is 3. The number of imidazole rings is 1. The number of carbonyl (C=O) groups is 2. The highest BCUT2D eigenvalue weighted by molar-refractivity contribution is 7.93. The summed E-state index contributed by atoms with van der Waals surface area (Å²) in [6.07, 6.45) is 4.48. The second-order valence-electron chi connectivity index (χ2n) is 7.29. The van der Waals surface area contributed by atoms with E-state index in [0.717, 1.165) is 5.56 Å². The number of rotatable bonds is 7. The second kappa shape index (κ2) is 9.45. The molecule has 0 radical (unpaired) electrons. The molecule has 2 amide bonds. The zero-order chi connectivity index (χ0) is 24.3. The van der Waals surface area contributed by atoms with Gasteiger partial charge in [0.05, 0.1) is 17.4 Å². The van der Waals surface area contributed by atoms with Gasteiger partial charge in [-0.2, -0.15) is 0 Å². The zero-order valence-corrected chi connectivity index (χ0v) is 19.8. The highest BCUT2D eigenvalue weighted by atomic mass is 32.2. The smallest absolute Gasteiger partial charge is 0.273 e. The minimum absolute atomic E-state index is 0.0381. The molecule has 2 heterocycles. The van der Waals surface area contributed by atoms with Crippen LogP contribution in [0.25, 0.3) is 0 Å². The summed E-state index contributed by atoms with van der Waals surface area (Å²) in [6, 6.07) is 10.7. The maximum Gasteiger partial charge on any atom is 0.273 e. The molecule has 0 aliphatic heterocycles. The van der Waals surface area contributed by atoms with E-state index in [9.17, 15) is 18.0 Å². The highest BCUT2D eigenvalue weighted by Crippen LogP contribution is 2.22. The van der Waals surface area contributed by atoms with Crippen molar-refractivity contribution in [1.29, 1.82) is 0 Å². The highest BCUT2D eigenvalue weighted by Gasteiger charge is 2.17. The molecule has 174 valence electrons. The molecular formula is C22H20N6O4S2. The van der Waals surface area contributed by atoms with Crippen molar-refractivity contribution in [3.8, 4) is 0 Å². The van der Waals surface area contributed by atoms with Crippen molar-refractivity contribution in [2.75, 3.05) is 15.4 Å². The first-order valence-electron chi connectivity index (χ1n) is 9.95. The van der Waals surface area contributed by atoms with E-state index in [1.807, 2.05) is 6.92 Å². The average Bonchev–Trinajstić information content (AvgIpc) is 3.46. The molecular weight excluding hydrogens is 476 g/mol. The molecule has 0 saturated carbocycles. The van der Waals surface area contributed by atoms with Gasteiger partial charge >= 0.3 is 0 Å². The summed E-state index contributed by atoms with van der Waals surface area (Å²) in [4.78, 5) is 33.1. The van der Waals surface area contributed by atoms with Crippen LogP contribution < -0.4 is 15.4 Å². The number of carbonyl (C=O) groups excluding carboxylic acids is 2. The molecule has 0 spiro atoms. The summed E-state index contributed by atoms with van der Waals surface area (Å²) in [5.41, 5.74) is 2.41. The first-order chi connectivity index (χ1) is 16.2. The van der Waals surface area contributed by atoms with Crippen molar-refractivity contribution in [3.63, 3.8) is 0 Å². The van der Waals surface area contributed by atoms with E-state index in [1.54, 1.807) is 35.2 Å². The van der Waals surface area contributed by atoms with Crippen LogP contribution in [-0.2, 0) is 17.1 Å². The summed E-state index contributed by atoms with van der Waals surface area (Å²) in [6.45, 7) is 1.82. The van der Waals surface area contributed by atoms with E-state index in [1.165, 1.54) is 54.3 Å². The number of sulfonamides is 1. The number of benzene rings is 2. The Morgan fingerprint density at radius 2 is 1.79 bits per heavy atom. The molecule has 4 rings (SSSR count). The van der Waals surface area contributed by atoms with Crippen LogP contribution in [0.1, 0.15) is 26.4 Å². The molecule has 0 aliphatic rings. The number of aromatic nitrogens is 3. The van der Waals surface area contributed by atoms with Gasteiger partial charge in [0.25, 0.3) is 21.8 Å². The SMILES string of the molecule is Cc1ccc(C(=O)Nc2ccc(S(=O)(=O)Nc3nccs3)cc2)cc1NC(=O)c1cncn1C. The fourth-order valence-electron chi connectivity index (χ4n) is 3.03. The standard InChI is InChI=1S/C22H20N6O4S2/c1-14-3-4-15(11-18(14)26-21(30)19-12-23-13-28(19)2)20(29)25-16-5-7-17(8-6-16)34(31,32)27-22-24-9-10-33-22/h3-13H,1-2H3,(H,24,27)(H,25,29)(H,26,30). The Balaban J connectivity index is 1.46. The third-order valence-electron chi connectivity index (χ3n) is 4.87. The topological polar surface area (TPSA) is 135 Å². The molecule has 2 aromatic heterocycles.